The zero-order chi connectivity index (χ0) is 9.03. The number of rotatable bonds is 2. The summed E-state index contributed by atoms with van der Waals surface area (Å²) in [6, 6.07) is 0. The molecule has 1 saturated carbocycles. The maximum atomic E-state index is 2.31. The minimum atomic E-state index is 0.449. The van der Waals surface area contributed by atoms with Crippen LogP contribution in [-0.2, 0) is 0 Å². The third kappa shape index (κ3) is 4.39. The van der Waals surface area contributed by atoms with Gasteiger partial charge in [0.2, 0.25) is 0 Å². The van der Waals surface area contributed by atoms with Crippen molar-refractivity contribution in [3.63, 3.8) is 0 Å². The molecular formula is C11H21S. The van der Waals surface area contributed by atoms with Crippen LogP contribution in [0.2, 0.25) is 0 Å². The normalized spacial score (nSPS) is 21.2. The van der Waals surface area contributed by atoms with Crippen LogP contribution in [0, 0.1) is 5.92 Å². The van der Waals surface area contributed by atoms with Crippen molar-refractivity contribution in [2.75, 3.05) is 5.75 Å². The second kappa shape index (κ2) is 4.55. The van der Waals surface area contributed by atoms with E-state index in [0.717, 1.165) is 0 Å². The molecule has 0 aromatic carbocycles. The van der Waals surface area contributed by atoms with Crippen LogP contribution >= 0.6 is 11.8 Å². The second-order valence-electron chi connectivity index (χ2n) is 4.71. The molecule has 0 heterocycles. The second-order valence-corrected chi connectivity index (χ2v) is 6.51. The molecule has 0 unspecified atom stereocenters. The highest BCUT2D eigenvalue weighted by atomic mass is 32.2. The van der Waals surface area contributed by atoms with Crippen molar-refractivity contribution in [2.24, 2.45) is 0 Å². The first kappa shape index (κ1) is 10.4. The van der Waals surface area contributed by atoms with E-state index < -0.39 is 0 Å². The van der Waals surface area contributed by atoms with Crippen LogP contribution in [-0.4, -0.2) is 10.5 Å². The predicted molar refractivity (Wildman–Crippen MR) is 58.5 cm³/mol. The smallest absolute Gasteiger partial charge is 0.00753 e. The van der Waals surface area contributed by atoms with E-state index in [4.69, 9.17) is 0 Å². The summed E-state index contributed by atoms with van der Waals surface area (Å²) in [7, 11) is 0. The summed E-state index contributed by atoms with van der Waals surface area (Å²) in [6.07, 6.45) is 7.16. The molecule has 0 N–H and O–H groups in total. The Morgan fingerprint density at radius 3 is 2.17 bits per heavy atom. The maximum Gasteiger partial charge on any atom is 0.00753 e. The van der Waals surface area contributed by atoms with Crippen LogP contribution < -0.4 is 0 Å². The molecule has 0 atom stereocenters. The molecule has 0 aromatic heterocycles. The van der Waals surface area contributed by atoms with E-state index in [1.165, 1.54) is 37.9 Å². The fourth-order valence-corrected chi connectivity index (χ4v) is 2.44. The third-order valence-electron chi connectivity index (χ3n) is 2.27. The Morgan fingerprint density at radius 1 is 1.08 bits per heavy atom. The molecule has 12 heavy (non-hydrogen) atoms. The zero-order valence-electron chi connectivity index (χ0n) is 8.65. The first-order valence-electron chi connectivity index (χ1n) is 5.05. The molecular weight excluding hydrogens is 164 g/mol. The highest BCUT2D eigenvalue weighted by Gasteiger charge is 2.17. The first-order chi connectivity index (χ1) is 5.58. The Morgan fingerprint density at radius 2 is 1.67 bits per heavy atom. The predicted octanol–water partition coefficient (Wildman–Crippen LogP) is 4.06. The van der Waals surface area contributed by atoms with E-state index in [1.807, 2.05) is 0 Å². The molecule has 1 aliphatic carbocycles. The highest BCUT2D eigenvalue weighted by Crippen LogP contribution is 2.33. The first-order valence-corrected chi connectivity index (χ1v) is 6.04. The molecule has 0 aromatic rings. The molecule has 1 aliphatic rings. The molecule has 1 radical (unpaired) electrons. The summed E-state index contributed by atoms with van der Waals surface area (Å²) in [6.45, 7) is 6.92. The molecule has 0 saturated heterocycles. The van der Waals surface area contributed by atoms with Gasteiger partial charge in [-0.1, -0.05) is 40.0 Å². The van der Waals surface area contributed by atoms with Gasteiger partial charge >= 0.3 is 0 Å². The van der Waals surface area contributed by atoms with E-state index in [1.54, 1.807) is 5.92 Å². The molecule has 0 aliphatic heterocycles. The zero-order valence-corrected chi connectivity index (χ0v) is 9.47. The molecule has 0 nitrogen and oxygen atoms in total. The topological polar surface area (TPSA) is 0 Å². The van der Waals surface area contributed by atoms with Gasteiger partial charge in [0.1, 0.15) is 0 Å². The lowest BCUT2D eigenvalue weighted by atomic mass is 9.91. The number of hydrogen-bond donors (Lipinski definition) is 0. The van der Waals surface area contributed by atoms with Crippen molar-refractivity contribution in [1.29, 1.82) is 0 Å². The van der Waals surface area contributed by atoms with Gasteiger partial charge in [0.05, 0.1) is 0 Å². The van der Waals surface area contributed by atoms with E-state index in [0.29, 0.717) is 4.75 Å². The van der Waals surface area contributed by atoms with Crippen LogP contribution in [0.15, 0.2) is 0 Å². The van der Waals surface area contributed by atoms with Crippen LogP contribution in [0.25, 0.3) is 0 Å². The maximum absolute atomic E-state index is 2.31. The molecule has 0 spiro atoms. The van der Waals surface area contributed by atoms with Crippen LogP contribution in [0.4, 0.5) is 0 Å². The largest absolute Gasteiger partial charge is 0.155 e. The Bertz CT molecular complexity index is 117. The third-order valence-corrected chi connectivity index (χ3v) is 3.69. The number of thioether (sulfide) groups is 1. The van der Waals surface area contributed by atoms with Gasteiger partial charge in [-0.3, -0.25) is 0 Å². The summed E-state index contributed by atoms with van der Waals surface area (Å²) in [5.74, 6) is 3.12. The summed E-state index contributed by atoms with van der Waals surface area (Å²) in [5, 5.41) is 0. The summed E-state index contributed by atoms with van der Waals surface area (Å²) < 4.78 is 0.449. The van der Waals surface area contributed by atoms with Crippen LogP contribution in [0.5, 0.6) is 0 Å². The van der Waals surface area contributed by atoms with Crippen molar-refractivity contribution < 1.29 is 0 Å². The Kier molecular flexibility index (Phi) is 3.95. The van der Waals surface area contributed by atoms with Gasteiger partial charge in [0, 0.05) is 10.5 Å². The van der Waals surface area contributed by atoms with Crippen molar-refractivity contribution in [3.05, 3.63) is 5.92 Å². The van der Waals surface area contributed by atoms with Gasteiger partial charge < -0.3 is 0 Å². The van der Waals surface area contributed by atoms with Gasteiger partial charge in [-0.15, -0.1) is 0 Å². The van der Waals surface area contributed by atoms with Crippen molar-refractivity contribution in [3.8, 4) is 0 Å². The van der Waals surface area contributed by atoms with Crippen molar-refractivity contribution in [1.82, 2.24) is 0 Å². The standard InChI is InChI=1S/C11H21S/c1-11(2,3)12-9-10-7-5-4-6-8-10/h4-9H2,1-3H3. The Labute approximate surface area is 81.5 Å². The lowest BCUT2D eigenvalue weighted by Crippen LogP contribution is -2.13. The molecule has 1 heteroatoms. The average Bonchev–Trinajstić information content (AvgIpc) is 2.02. The monoisotopic (exact) mass is 185 g/mol. The molecule has 0 amide bonds. The number of hydrogen-bond acceptors (Lipinski definition) is 1. The minimum Gasteiger partial charge on any atom is -0.155 e. The SMILES string of the molecule is CC(C)(C)SC[C]1CCCCC1. The molecule has 0 bridgehead atoms. The van der Waals surface area contributed by atoms with E-state index in [2.05, 4.69) is 32.5 Å². The minimum absolute atomic E-state index is 0.449. The van der Waals surface area contributed by atoms with Gasteiger partial charge in [0.25, 0.3) is 0 Å². The molecule has 1 rings (SSSR count). The van der Waals surface area contributed by atoms with Crippen LogP contribution in [0.3, 0.4) is 0 Å². The lowest BCUT2D eigenvalue weighted by Gasteiger charge is -2.25. The fraction of sp³-hybridized carbons (Fsp3) is 0.909. The molecule has 1 fully saturated rings. The van der Waals surface area contributed by atoms with Crippen molar-refractivity contribution >= 4 is 11.8 Å². The van der Waals surface area contributed by atoms with E-state index in [-0.39, 0.29) is 0 Å². The van der Waals surface area contributed by atoms with Crippen molar-refractivity contribution in [2.45, 2.75) is 57.6 Å². The Balaban J connectivity index is 2.13. The summed E-state index contributed by atoms with van der Waals surface area (Å²) in [5.41, 5.74) is 0. The van der Waals surface area contributed by atoms with Gasteiger partial charge in [0.15, 0.2) is 0 Å². The quantitative estimate of drug-likeness (QED) is 0.625. The molecule has 71 valence electrons. The van der Waals surface area contributed by atoms with E-state index in [9.17, 15) is 0 Å². The van der Waals surface area contributed by atoms with Crippen LogP contribution in [0.1, 0.15) is 52.9 Å². The van der Waals surface area contributed by atoms with Gasteiger partial charge in [-0.25, -0.2) is 0 Å². The van der Waals surface area contributed by atoms with Gasteiger partial charge in [-0.05, 0) is 18.8 Å². The summed E-state index contributed by atoms with van der Waals surface area (Å²) >= 11 is 2.10. The fourth-order valence-electron chi connectivity index (χ4n) is 1.51. The highest BCUT2D eigenvalue weighted by molar-refractivity contribution is 8.00. The lowest BCUT2D eigenvalue weighted by molar-refractivity contribution is 0.541. The van der Waals surface area contributed by atoms with E-state index >= 15 is 0 Å². The van der Waals surface area contributed by atoms with Gasteiger partial charge in [-0.2, -0.15) is 11.8 Å². The summed E-state index contributed by atoms with van der Waals surface area (Å²) in [4.78, 5) is 0. The average molecular weight is 185 g/mol. The Hall–Kier alpha value is 0.350.